The topological polar surface area (TPSA) is 186 Å². The van der Waals surface area contributed by atoms with Gasteiger partial charge in [0, 0.05) is 16.9 Å². The third kappa shape index (κ3) is 8.83. The van der Waals surface area contributed by atoms with Gasteiger partial charge in [-0.2, -0.15) is 5.10 Å². The molecule has 0 fully saturated rings. The lowest BCUT2D eigenvalue weighted by molar-refractivity contribution is -0.132. The fourth-order valence-corrected chi connectivity index (χ4v) is 4.87. The molecule has 12 heteroatoms. The van der Waals surface area contributed by atoms with Crippen molar-refractivity contribution < 1.29 is 29.4 Å². The van der Waals surface area contributed by atoms with Gasteiger partial charge in [-0.15, -0.1) is 0 Å². The molecule has 0 aliphatic carbocycles. The number of H-pyrrole nitrogens is 1. The van der Waals surface area contributed by atoms with Crippen LogP contribution in [0.3, 0.4) is 0 Å². The van der Waals surface area contributed by atoms with Gasteiger partial charge >= 0.3 is 0 Å². The Morgan fingerprint density at radius 3 is 1.41 bits per heavy atom. The van der Waals surface area contributed by atoms with Crippen LogP contribution in [-0.4, -0.2) is 56.1 Å². The summed E-state index contributed by atoms with van der Waals surface area (Å²) in [5.74, 6) is -2.22. The molecule has 0 aliphatic rings. The predicted octanol–water partition coefficient (Wildman–Crippen LogP) is 4.10. The maximum Gasteiger partial charge on any atom is 0.254 e. The Balaban J connectivity index is 1.12. The average Bonchev–Trinajstić information content (AvgIpc) is 3.62. The van der Waals surface area contributed by atoms with E-state index in [1.54, 1.807) is 97.1 Å². The lowest BCUT2D eigenvalue weighted by Gasteiger charge is -2.17. The highest BCUT2D eigenvalue weighted by molar-refractivity contribution is 5.98. The van der Waals surface area contributed by atoms with Crippen molar-refractivity contribution in [2.45, 2.75) is 38.1 Å². The van der Waals surface area contributed by atoms with Crippen LogP contribution < -0.4 is 21.3 Å². The van der Waals surface area contributed by atoms with E-state index in [-0.39, 0.29) is 0 Å². The quantitative estimate of drug-likeness (QED) is 0.105. The number of aliphatic hydroxyl groups is 2. The van der Waals surface area contributed by atoms with Gasteiger partial charge < -0.3 is 31.5 Å². The van der Waals surface area contributed by atoms with Crippen molar-refractivity contribution in [1.82, 2.24) is 20.8 Å². The second-order valence-electron chi connectivity index (χ2n) is 11.4. The monoisotopic (exact) mass is 660 g/mol. The minimum absolute atomic E-state index is 0.432. The van der Waals surface area contributed by atoms with E-state index in [2.05, 4.69) is 31.5 Å². The number of aliphatic hydroxyl groups excluding tert-OH is 2. The van der Waals surface area contributed by atoms with Crippen LogP contribution in [0.1, 0.15) is 37.2 Å². The Kier molecular flexibility index (Phi) is 10.9. The first-order chi connectivity index (χ1) is 23.6. The van der Waals surface area contributed by atoms with Crippen LogP contribution in [0.5, 0.6) is 0 Å². The van der Waals surface area contributed by atoms with Gasteiger partial charge in [0.25, 0.3) is 11.8 Å². The van der Waals surface area contributed by atoms with Crippen LogP contribution in [0.25, 0.3) is 22.5 Å². The van der Waals surface area contributed by atoms with Crippen LogP contribution in [0, 0.1) is 0 Å². The van der Waals surface area contributed by atoms with Gasteiger partial charge in [0.2, 0.25) is 11.8 Å². The van der Waals surface area contributed by atoms with Crippen molar-refractivity contribution in [3.05, 3.63) is 126 Å². The Labute approximate surface area is 282 Å². The molecule has 1 unspecified atom stereocenters. The molecular formula is C37H36N6O6. The molecule has 5 aromatic rings. The van der Waals surface area contributed by atoms with Gasteiger partial charge in [0.15, 0.2) is 12.2 Å². The van der Waals surface area contributed by atoms with E-state index < -0.39 is 47.9 Å². The lowest BCUT2D eigenvalue weighted by atomic mass is 10.1. The van der Waals surface area contributed by atoms with Crippen LogP contribution in [-0.2, 0) is 19.2 Å². The number of benzene rings is 4. The summed E-state index contributed by atoms with van der Waals surface area (Å²) in [5.41, 5.74) is 4.94. The van der Waals surface area contributed by atoms with Crippen LogP contribution in [0.4, 0.5) is 11.4 Å². The molecule has 0 saturated carbocycles. The number of rotatable bonds is 12. The number of amides is 4. The summed E-state index contributed by atoms with van der Waals surface area (Å²) in [6.07, 6.45) is -2.77. The van der Waals surface area contributed by atoms with Crippen LogP contribution >= 0.6 is 0 Å². The van der Waals surface area contributed by atoms with E-state index in [0.29, 0.717) is 28.2 Å². The van der Waals surface area contributed by atoms with E-state index in [0.717, 1.165) is 16.8 Å². The third-order valence-electron chi connectivity index (χ3n) is 7.72. The number of hydrogen-bond donors (Lipinski definition) is 7. The summed E-state index contributed by atoms with van der Waals surface area (Å²) in [4.78, 5) is 50.2. The van der Waals surface area contributed by atoms with Crippen molar-refractivity contribution in [2.24, 2.45) is 0 Å². The summed E-state index contributed by atoms with van der Waals surface area (Å²) < 4.78 is 0. The number of nitrogens with one attached hydrogen (secondary N) is 5. The number of carbonyl (C=O) groups excluding carboxylic acids is 4. The van der Waals surface area contributed by atoms with Gasteiger partial charge in [0.05, 0.1) is 11.4 Å². The molecule has 4 amide bonds. The molecule has 12 nitrogen and oxygen atoms in total. The zero-order valence-corrected chi connectivity index (χ0v) is 26.8. The first-order valence-corrected chi connectivity index (χ1v) is 15.5. The fourth-order valence-electron chi connectivity index (χ4n) is 4.87. The molecule has 1 aromatic heterocycles. The SMILES string of the molecule is CC(NC(=O)[C@@H](O)c1ccccc1)C(=O)Nc1ccc(-c2cc(-c3ccc(NC(=O)[C@H](C)NC(=O)[C@@H](O)c4ccccc4)cc3)n[nH]2)cc1. The Morgan fingerprint density at radius 1 is 0.571 bits per heavy atom. The van der Waals surface area contributed by atoms with Crippen molar-refractivity contribution in [1.29, 1.82) is 0 Å². The van der Waals surface area contributed by atoms with Crippen molar-refractivity contribution in [2.75, 3.05) is 10.6 Å². The van der Waals surface area contributed by atoms with E-state index >= 15 is 0 Å². The van der Waals surface area contributed by atoms with Crippen molar-refractivity contribution in [3.8, 4) is 22.5 Å². The highest BCUT2D eigenvalue weighted by atomic mass is 16.3. The average molecular weight is 661 g/mol. The van der Waals surface area contributed by atoms with E-state index in [9.17, 15) is 29.4 Å². The summed E-state index contributed by atoms with van der Waals surface area (Å²) in [6, 6.07) is 31.1. The Morgan fingerprint density at radius 2 is 0.980 bits per heavy atom. The van der Waals surface area contributed by atoms with Crippen LogP contribution in [0.2, 0.25) is 0 Å². The molecule has 0 saturated heterocycles. The molecule has 4 atom stereocenters. The molecular weight excluding hydrogens is 624 g/mol. The fraction of sp³-hybridized carbons (Fsp3) is 0.162. The van der Waals surface area contributed by atoms with Gasteiger partial charge in [-0.1, -0.05) is 84.9 Å². The summed E-state index contributed by atoms with van der Waals surface area (Å²) in [7, 11) is 0. The second-order valence-corrected chi connectivity index (χ2v) is 11.4. The Hall–Kier alpha value is -6.11. The third-order valence-corrected chi connectivity index (χ3v) is 7.72. The first kappa shape index (κ1) is 34.2. The van der Waals surface area contributed by atoms with E-state index in [4.69, 9.17) is 0 Å². The minimum Gasteiger partial charge on any atom is -0.378 e. The summed E-state index contributed by atoms with van der Waals surface area (Å²) in [6.45, 7) is 3.07. The number of nitrogens with zero attached hydrogens (tertiary/aromatic N) is 1. The van der Waals surface area contributed by atoms with Gasteiger partial charge in [0.1, 0.15) is 12.1 Å². The maximum absolute atomic E-state index is 12.7. The standard InChI is InChI=1S/C37H36N6O6/c1-22(38-36(48)32(44)26-9-5-3-6-10-26)34(46)40-28-17-13-24(14-18-28)30-21-31(43-42-30)25-15-19-29(20-16-25)41-35(47)23(2)39-37(49)33(45)27-11-7-4-8-12-27/h3-23,32-33,44-45H,1-2H3,(H,38,48)(H,39,49)(H,40,46)(H,41,47)(H,42,43)/t22-,23?,32-,33-/m0/s1. The molecule has 0 radical (unpaired) electrons. The maximum atomic E-state index is 12.7. The largest absolute Gasteiger partial charge is 0.378 e. The lowest BCUT2D eigenvalue weighted by Crippen LogP contribution is -2.43. The van der Waals surface area contributed by atoms with Crippen molar-refractivity contribution in [3.63, 3.8) is 0 Å². The van der Waals surface area contributed by atoms with Gasteiger partial charge in [-0.05, 0) is 60.9 Å². The predicted molar refractivity (Wildman–Crippen MR) is 185 cm³/mol. The smallest absolute Gasteiger partial charge is 0.254 e. The molecule has 5 rings (SSSR count). The molecule has 1 heterocycles. The van der Waals surface area contributed by atoms with Crippen LogP contribution in [0.15, 0.2) is 115 Å². The molecule has 49 heavy (non-hydrogen) atoms. The minimum atomic E-state index is -1.38. The second kappa shape index (κ2) is 15.7. The Bertz CT molecular complexity index is 1760. The van der Waals surface area contributed by atoms with Crippen molar-refractivity contribution >= 4 is 35.0 Å². The number of carbonyl (C=O) groups is 4. The molecule has 0 aliphatic heterocycles. The zero-order valence-electron chi connectivity index (χ0n) is 26.8. The summed E-state index contributed by atoms with van der Waals surface area (Å²) >= 11 is 0. The zero-order chi connectivity index (χ0) is 34.9. The molecule has 250 valence electrons. The van der Waals surface area contributed by atoms with E-state index in [1.165, 1.54) is 13.8 Å². The number of aromatic nitrogens is 2. The highest BCUT2D eigenvalue weighted by Gasteiger charge is 2.23. The molecule has 0 bridgehead atoms. The summed E-state index contributed by atoms with van der Waals surface area (Å²) in [5, 5.41) is 38.5. The number of hydrogen-bond acceptors (Lipinski definition) is 7. The van der Waals surface area contributed by atoms with E-state index in [1.807, 2.05) is 18.2 Å². The molecule has 0 spiro atoms. The van der Waals surface area contributed by atoms with Gasteiger partial charge in [-0.25, -0.2) is 0 Å². The van der Waals surface area contributed by atoms with Gasteiger partial charge in [-0.3, -0.25) is 24.3 Å². The normalized spacial score (nSPS) is 13.3. The molecule has 4 aromatic carbocycles. The number of anilines is 2. The number of aromatic amines is 1. The highest BCUT2D eigenvalue weighted by Crippen LogP contribution is 2.26. The molecule has 7 N–H and O–H groups in total. The first-order valence-electron chi connectivity index (χ1n) is 15.5.